The Labute approximate surface area is 163 Å². The molecule has 4 rings (SSSR count). The molecule has 2 aromatic rings. The minimum absolute atomic E-state index is 0.0606. The van der Waals surface area contributed by atoms with E-state index in [0.717, 1.165) is 25.3 Å². The van der Waals surface area contributed by atoms with Crippen LogP contribution < -0.4 is 10.1 Å². The van der Waals surface area contributed by atoms with Crippen molar-refractivity contribution in [2.75, 3.05) is 12.4 Å². The van der Waals surface area contributed by atoms with Crippen LogP contribution in [0.5, 0.6) is 5.75 Å². The molecule has 0 bridgehead atoms. The van der Waals surface area contributed by atoms with Gasteiger partial charge < -0.3 is 9.30 Å². The number of nitrogens with zero attached hydrogens (tertiary/aromatic N) is 2. The lowest BCUT2D eigenvalue weighted by molar-refractivity contribution is -0.313. The fourth-order valence-electron chi connectivity index (χ4n) is 4.15. The van der Waals surface area contributed by atoms with Gasteiger partial charge in [-0.15, -0.1) is 0 Å². The number of carbonyl (C=O) groups excluding carboxylic acids is 1. The van der Waals surface area contributed by atoms with E-state index >= 15 is 0 Å². The molecule has 1 aromatic carbocycles. The normalized spacial score (nSPS) is 23.9. The van der Waals surface area contributed by atoms with Gasteiger partial charge in [0.2, 0.25) is 11.9 Å². The third kappa shape index (κ3) is 2.95. The first-order chi connectivity index (χ1) is 13.5. The van der Waals surface area contributed by atoms with E-state index in [4.69, 9.17) is 4.74 Å². The van der Waals surface area contributed by atoms with Gasteiger partial charge in [0.25, 0.3) is 0 Å². The van der Waals surface area contributed by atoms with E-state index in [1.807, 2.05) is 6.92 Å². The maximum absolute atomic E-state index is 14.1. The summed E-state index contributed by atoms with van der Waals surface area (Å²) in [5.41, 5.74) is 0.279. The summed E-state index contributed by atoms with van der Waals surface area (Å²) in [6, 6.07) is 2.43. The van der Waals surface area contributed by atoms with E-state index in [2.05, 4.69) is 10.3 Å². The van der Waals surface area contributed by atoms with E-state index < -0.39 is 47.9 Å². The van der Waals surface area contributed by atoms with Gasteiger partial charge in [-0.2, -0.15) is 17.6 Å². The topological polar surface area (TPSA) is 56.1 Å². The molecule has 1 atom stereocenters. The summed E-state index contributed by atoms with van der Waals surface area (Å²) >= 11 is 0. The van der Waals surface area contributed by atoms with Crippen molar-refractivity contribution in [1.82, 2.24) is 9.55 Å². The molecule has 10 heteroatoms. The molecule has 2 aliphatic rings. The number of rotatable bonds is 5. The molecule has 0 aliphatic heterocycles. The van der Waals surface area contributed by atoms with Gasteiger partial charge >= 0.3 is 11.8 Å². The van der Waals surface area contributed by atoms with E-state index in [0.29, 0.717) is 11.0 Å². The fraction of sp³-hybridized carbons (Fsp3) is 0.579. The summed E-state index contributed by atoms with van der Waals surface area (Å²) in [5, 5.41) is 2.47. The van der Waals surface area contributed by atoms with E-state index in [1.165, 1.54) is 13.2 Å². The predicted octanol–water partition coefficient (Wildman–Crippen LogP) is 4.70. The van der Waals surface area contributed by atoms with E-state index in [1.54, 1.807) is 4.57 Å². The first-order valence-electron chi connectivity index (χ1n) is 9.30. The van der Waals surface area contributed by atoms with Crippen LogP contribution in [0.2, 0.25) is 0 Å². The van der Waals surface area contributed by atoms with Gasteiger partial charge in [0.15, 0.2) is 0 Å². The van der Waals surface area contributed by atoms with E-state index in [9.17, 15) is 26.7 Å². The number of amides is 1. The molecule has 1 N–H and O–H groups in total. The first-order valence-corrected chi connectivity index (χ1v) is 9.30. The van der Waals surface area contributed by atoms with Crippen molar-refractivity contribution < 1.29 is 31.5 Å². The second-order valence-electron chi connectivity index (χ2n) is 8.08. The molecule has 2 aliphatic carbocycles. The molecule has 0 radical (unpaired) electrons. The number of ether oxygens (including phenoxy) is 1. The van der Waals surface area contributed by atoms with Crippen molar-refractivity contribution in [2.24, 2.45) is 5.92 Å². The number of imidazole rings is 1. The number of methoxy groups -OCH3 is 1. The number of aromatic nitrogens is 2. The third-order valence-corrected chi connectivity index (χ3v) is 6.07. The van der Waals surface area contributed by atoms with Crippen LogP contribution in [0.1, 0.15) is 39.0 Å². The average Bonchev–Trinajstić information content (AvgIpc) is 2.96. The highest BCUT2D eigenvalue weighted by molar-refractivity contribution is 5.93. The Morgan fingerprint density at radius 2 is 2.00 bits per heavy atom. The van der Waals surface area contributed by atoms with Crippen molar-refractivity contribution >= 4 is 22.9 Å². The Hall–Kier alpha value is -2.39. The van der Waals surface area contributed by atoms with Crippen LogP contribution in [-0.2, 0) is 10.3 Å². The van der Waals surface area contributed by atoms with E-state index in [-0.39, 0.29) is 11.7 Å². The lowest BCUT2D eigenvalue weighted by Crippen LogP contribution is -2.59. The standard InChI is InChI=1S/C19H20F5N3O2/c1-17(4-3-5-17)27-12-7-11(20)8-13(29-2)15(12)26-16(27)25-14(28)6-10-9-18(21,22)19(10,23)24/h7-8,10H,3-6,9H2,1-2H3,(H,25,26,28). The van der Waals surface area contributed by atoms with Gasteiger partial charge in [0.05, 0.1) is 12.6 Å². The highest BCUT2D eigenvalue weighted by atomic mass is 19.3. The van der Waals surface area contributed by atoms with Crippen LogP contribution in [0.4, 0.5) is 27.9 Å². The zero-order chi connectivity index (χ0) is 21.2. The number of halogens is 5. The van der Waals surface area contributed by atoms with Crippen molar-refractivity contribution in [3.05, 3.63) is 17.9 Å². The highest BCUT2D eigenvalue weighted by Crippen LogP contribution is 2.56. The monoisotopic (exact) mass is 417 g/mol. The van der Waals surface area contributed by atoms with Crippen LogP contribution in [0.15, 0.2) is 12.1 Å². The van der Waals surface area contributed by atoms with Gasteiger partial charge in [0, 0.05) is 36.4 Å². The zero-order valence-corrected chi connectivity index (χ0v) is 15.9. The zero-order valence-electron chi connectivity index (χ0n) is 15.9. The molecule has 2 saturated carbocycles. The summed E-state index contributed by atoms with van der Waals surface area (Å²) in [5.74, 6) is -11.2. The smallest absolute Gasteiger partial charge is 0.313 e. The second kappa shape index (κ2) is 6.30. The largest absolute Gasteiger partial charge is 0.494 e. The summed E-state index contributed by atoms with van der Waals surface area (Å²) in [6.45, 7) is 1.92. The van der Waals surface area contributed by atoms with Crippen LogP contribution in [0, 0.1) is 11.7 Å². The molecule has 0 spiro atoms. The van der Waals surface area contributed by atoms with Crippen molar-refractivity contribution in [3.63, 3.8) is 0 Å². The molecule has 0 saturated heterocycles. The van der Waals surface area contributed by atoms with Gasteiger partial charge in [-0.1, -0.05) is 0 Å². The van der Waals surface area contributed by atoms with Crippen molar-refractivity contribution in [2.45, 2.75) is 56.4 Å². The number of nitrogens with one attached hydrogen (secondary N) is 1. The molecule has 1 amide bonds. The quantitative estimate of drug-likeness (QED) is 0.718. The molecule has 158 valence electrons. The molecule has 5 nitrogen and oxygen atoms in total. The SMILES string of the molecule is COc1cc(F)cc2c1nc(NC(=O)CC1CC(F)(F)C1(F)F)n2C1(C)CCC1. The maximum Gasteiger partial charge on any atom is 0.313 e. The minimum atomic E-state index is -4.21. The van der Waals surface area contributed by atoms with Gasteiger partial charge in [0.1, 0.15) is 17.1 Å². The Morgan fingerprint density at radius 3 is 2.52 bits per heavy atom. The first kappa shape index (κ1) is 19.9. The lowest BCUT2D eigenvalue weighted by atomic mass is 9.74. The average molecular weight is 417 g/mol. The Morgan fingerprint density at radius 1 is 1.31 bits per heavy atom. The number of benzene rings is 1. The molecular weight excluding hydrogens is 397 g/mol. The van der Waals surface area contributed by atoms with Crippen molar-refractivity contribution in [3.8, 4) is 5.75 Å². The Balaban J connectivity index is 1.67. The summed E-state index contributed by atoms with van der Waals surface area (Å²) in [7, 11) is 1.36. The number of hydrogen-bond donors (Lipinski definition) is 1. The Kier molecular flexibility index (Phi) is 4.33. The fourth-order valence-corrected chi connectivity index (χ4v) is 4.15. The van der Waals surface area contributed by atoms with Crippen LogP contribution in [0.25, 0.3) is 11.0 Å². The van der Waals surface area contributed by atoms with Gasteiger partial charge in [-0.05, 0) is 26.2 Å². The molecule has 2 fully saturated rings. The lowest BCUT2D eigenvalue weighted by Gasteiger charge is -2.43. The summed E-state index contributed by atoms with van der Waals surface area (Å²) < 4.78 is 74.0. The van der Waals surface area contributed by atoms with Crippen molar-refractivity contribution in [1.29, 1.82) is 0 Å². The number of alkyl halides is 4. The molecule has 29 heavy (non-hydrogen) atoms. The summed E-state index contributed by atoms with van der Waals surface area (Å²) in [6.07, 6.45) is 0.647. The third-order valence-electron chi connectivity index (χ3n) is 6.07. The minimum Gasteiger partial charge on any atom is -0.494 e. The number of fused-ring (bicyclic) bond motifs is 1. The van der Waals surface area contributed by atoms with Gasteiger partial charge in [-0.25, -0.2) is 9.37 Å². The predicted molar refractivity (Wildman–Crippen MR) is 95.0 cm³/mol. The molecule has 1 heterocycles. The van der Waals surface area contributed by atoms with Crippen LogP contribution in [-0.4, -0.2) is 34.4 Å². The van der Waals surface area contributed by atoms with Crippen LogP contribution >= 0.6 is 0 Å². The summed E-state index contributed by atoms with van der Waals surface area (Å²) in [4.78, 5) is 16.7. The number of hydrogen-bond acceptors (Lipinski definition) is 3. The maximum atomic E-state index is 14.1. The number of anilines is 1. The highest BCUT2D eigenvalue weighted by Gasteiger charge is 2.71. The molecule has 1 unspecified atom stereocenters. The molecule has 1 aromatic heterocycles. The van der Waals surface area contributed by atoms with Gasteiger partial charge in [-0.3, -0.25) is 10.1 Å². The number of carbonyl (C=O) groups is 1. The Bertz CT molecular complexity index is 984. The molecular formula is C19H20F5N3O2. The van der Waals surface area contributed by atoms with Crippen LogP contribution in [0.3, 0.4) is 0 Å². The second-order valence-corrected chi connectivity index (χ2v) is 8.08.